The molecule has 1 aromatic carbocycles. The second-order valence-corrected chi connectivity index (χ2v) is 8.71. The van der Waals surface area contributed by atoms with Gasteiger partial charge in [0, 0.05) is 23.1 Å². The zero-order valence-electron chi connectivity index (χ0n) is 17.9. The van der Waals surface area contributed by atoms with Crippen LogP contribution in [0.25, 0.3) is 11.3 Å². The van der Waals surface area contributed by atoms with Crippen LogP contribution < -0.4 is 5.32 Å². The maximum atomic E-state index is 13.2. The van der Waals surface area contributed by atoms with E-state index in [0.717, 1.165) is 11.3 Å². The Hall–Kier alpha value is -1.95. The van der Waals surface area contributed by atoms with Crippen molar-refractivity contribution >= 4 is 56.1 Å². The van der Waals surface area contributed by atoms with E-state index < -0.39 is 12.1 Å². The third-order valence-corrected chi connectivity index (χ3v) is 6.01. The molecule has 3 heterocycles. The Labute approximate surface area is 212 Å². The number of benzene rings is 1. The normalized spacial score (nSPS) is 19.7. The minimum atomic E-state index is -0.688. The second kappa shape index (κ2) is 12.5. The summed E-state index contributed by atoms with van der Waals surface area (Å²) >= 11 is 1.27. The van der Waals surface area contributed by atoms with Crippen molar-refractivity contribution in [1.82, 2.24) is 19.8 Å². The van der Waals surface area contributed by atoms with Gasteiger partial charge in [0.1, 0.15) is 24.4 Å². The average Bonchev–Trinajstić information content (AvgIpc) is 3.46. The number of nitrogens with zero attached hydrogens (tertiary/aromatic N) is 3. The maximum Gasteiger partial charge on any atom is 0.251 e. The number of ketones is 1. The summed E-state index contributed by atoms with van der Waals surface area (Å²) in [4.78, 5) is 39.8. The van der Waals surface area contributed by atoms with E-state index in [1.807, 2.05) is 31.4 Å². The van der Waals surface area contributed by atoms with Crippen molar-refractivity contribution in [3.63, 3.8) is 0 Å². The van der Waals surface area contributed by atoms with Crippen LogP contribution in [0, 0.1) is 5.92 Å². The fraction of sp³-hybridized carbons (Fsp3) is 0.500. The molecule has 0 radical (unpaired) electrons. The third-order valence-electron chi connectivity index (χ3n) is 5.51. The molecule has 33 heavy (non-hydrogen) atoms. The molecule has 182 valence electrons. The highest BCUT2D eigenvalue weighted by Crippen LogP contribution is 2.28. The number of rotatable bonds is 6. The number of amides is 2. The summed E-state index contributed by atoms with van der Waals surface area (Å²) < 4.78 is 9.33. The molecule has 2 amide bonds. The molecule has 2 aliphatic heterocycles. The van der Waals surface area contributed by atoms with Crippen LogP contribution in [0.15, 0.2) is 29.6 Å². The first-order valence-electron chi connectivity index (χ1n) is 10.1. The van der Waals surface area contributed by atoms with Crippen molar-refractivity contribution < 1.29 is 19.1 Å². The van der Waals surface area contributed by atoms with Gasteiger partial charge in [-0.25, -0.2) is 0 Å². The molecule has 2 fully saturated rings. The van der Waals surface area contributed by atoms with Crippen LogP contribution in [-0.2, 0) is 14.3 Å². The number of hydrogen-bond acceptors (Lipinski definition) is 7. The minimum Gasteiger partial charge on any atom is -0.368 e. The molecule has 0 spiro atoms. The quantitative estimate of drug-likeness (QED) is 0.639. The van der Waals surface area contributed by atoms with Crippen LogP contribution in [0.4, 0.5) is 0 Å². The molecule has 1 N–H and O–H groups in total. The van der Waals surface area contributed by atoms with Crippen molar-refractivity contribution in [2.24, 2.45) is 5.92 Å². The Balaban J connectivity index is 0.00000181. The van der Waals surface area contributed by atoms with E-state index in [0.29, 0.717) is 24.9 Å². The molecule has 0 unspecified atom stereocenters. The fourth-order valence-electron chi connectivity index (χ4n) is 4.06. The molecule has 1 aromatic heterocycles. The summed E-state index contributed by atoms with van der Waals surface area (Å²) in [7, 11) is 0. The van der Waals surface area contributed by atoms with Gasteiger partial charge >= 0.3 is 0 Å². The largest absolute Gasteiger partial charge is 0.368 e. The average molecular weight is 513 g/mol. The predicted molar refractivity (Wildman–Crippen MR) is 138 cm³/mol. The molecule has 2 aromatic rings. The number of aromatic nitrogens is 2. The highest BCUT2D eigenvalue weighted by Gasteiger charge is 2.48. The van der Waals surface area contributed by atoms with E-state index in [1.165, 1.54) is 11.5 Å². The second-order valence-electron chi connectivity index (χ2n) is 8.10. The van der Waals surface area contributed by atoms with Gasteiger partial charge in [-0.3, -0.25) is 14.4 Å². The highest BCUT2D eigenvalue weighted by molar-refractivity contribution is 7.59. The van der Waals surface area contributed by atoms with Crippen LogP contribution in [0.2, 0.25) is 0 Å². The van der Waals surface area contributed by atoms with Crippen molar-refractivity contribution in [1.29, 1.82) is 0 Å². The molecular weight excluding hydrogens is 480 g/mol. The lowest BCUT2D eigenvalue weighted by Crippen LogP contribution is -2.52. The molecule has 8 nitrogen and oxygen atoms in total. The summed E-state index contributed by atoms with van der Waals surface area (Å²) in [5.41, 5.74) is 2.09. The molecule has 0 aliphatic carbocycles. The van der Waals surface area contributed by atoms with E-state index in [1.54, 1.807) is 17.0 Å². The Morgan fingerprint density at radius 3 is 2.55 bits per heavy atom. The zero-order valence-corrected chi connectivity index (χ0v) is 20.7. The standard InChI is InChI=1S/C21H24N4O4S.CH4.2H2S/c1-12(2)9-15(21(28)25-8-7-18-19(25)17(26)10-29-18)22-20(27)14-5-3-13(4-6-14)16-11-30-24-23-16;;;/h3-6,11-12,15,18-19H,7-10H2,1-2H3,(H,22,27);1H4;2*1H2/t15-,18+,19+;;;/m0.../s1. The Bertz CT molecular complexity index is 938. The number of carbonyl (C=O) groups is 3. The number of hydrogen-bond donors (Lipinski definition) is 1. The monoisotopic (exact) mass is 512 g/mol. The molecule has 0 saturated carbocycles. The molecule has 0 bridgehead atoms. The highest BCUT2D eigenvalue weighted by atomic mass is 32.1. The summed E-state index contributed by atoms with van der Waals surface area (Å²) in [6.45, 7) is 4.53. The van der Waals surface area contributed by atoms with E-state index in [9.17, 15) is 14.4 Å². The number of fused-ring (bicyclic) bond motifs is 1. The summed E-state index contributed by atoms with van der Waals surface area (Å²) in [5.74, 6) is -0.393. The fourth-order valence-corrected chi connectivity index (χ4v) is 4.52. The number of likely N-dealkylation sites (tertiary alicyclic amines) is 1. The first-order valence-corrected chi connectivity index (χ1v) is 10.9. The van der Waals surface area contributed by atoms with Crippen molar-refractivity contribution in [2.45, 2.75) is 52.3 Å². The van der Waals surface area contributed by atoms with Gasteiger partial charge in [0.2, 0.25) is 5.91 Å². The van der Waals surface area contributed by atoms with Gasteiger partial charge < -0.3 is 15.0 Å². The summed E-state index contributed by atoms with van der Waals surface area (Å²) in [6, 6.07) is 5.83. The number of Topliss-reactive ketones (excluding diaryl/α,β-unsaturated/α-hetero) is 1. The zero-order chi connectivity index (χ0) is 21.3. The number of ether oxygens (including phenoxy) is 1. The van der Waals surface area contributed by atoms with Crippen LogP contribution in [0.5, 0.6) is 0 Å². The molecule has 3 atom stereocenters. The smallest absolute Gasteiger partial charge is 0.251 e. The van der Waals surface area contributed by atoms with E-state index in [2.05, 4.69) is 14.9 Å². The van der Waals surface area contributed by atoms with Crippen LogP contribution in [0.3, 0.4) is 0 Å². The minimum absolute atomic E-state index is 0. The van der Waals surface area contributed by atoms with Gasteiger partial charge in [0.05, 0.1) is 6.10 Å². The van der Waals surface area contributed by atoms with Crippen LogP contribution >= 0.6 is 38.5 Å². The van der Waals surface area contributed by atoms with Gasteiger partial charge in [-0.2, -0.15) is 27.0 Å². The van der Waals surface area contributed by atoms with E-state index in [-0.39, 0.29) is 70.6 Å². The molecular formula is C22H32N4O4S3. The number of carbonyl (C=O) groups excluding carboxylic acids is 3. The van der Waals surface area contributed by atoms with Gasteiger partial charge in [-0.05, 0) is 42.4 Å². The SMILES string of the molecule is C.CC(C)C[C@H](NC(=O)c1ccc(-c2csnn2)cc1)C(=O)N1CC[C@H]2OCC(=O)[C@H]21.S.S. The van der Waals surface area contributed by atoms with Gasteiger partial charge in [-0.1, -0.05) is 37.9 Å². The Morgan fingerprint density at radius 1 is 1.24 bits per heavy atom. The van der Waals surface area contributed by atoms with E-state index in [4.69, 9.17) is 4.74 Å². The molecule has 2 saturated heterocycles. The first kappa shape index (κ1) is 29.1. The van der Waals surface area contributed by atoms with Gasteiger partial charge in [-0.15, -0.1) is 5.10 Å². The third kappa shape index (κ3) is 6.34. The van der Waals surface area contributed by atoms with Gasteiger partial charge in [0.25, 0.3) is 5.91 Å². The summed E-state index contributed by atoms with van der Waals surface area (Å²) in [6.07, 6.45) is 0.928. The molecule has 2 aliphatic rings. The number of nitrogens with one attached hydrogen (secondary N) is 1. The van der Waals surface area contributed by atoms with Crippen molar-refractivity contribution in [2.75, 3.05) is 13.2 Å². The summed E-state index contributed by atoms with van der Waals surface area (Å²) in [5, 5.41) is 8.74. The predicted octanol–water partition coefficient (Wildman–Crippen LogP) is 2.78. The lowest BCUT2D eigenvalue weighted by atomic mass is 10.0. The van der Waals surface area contributed by atoms with Gasteiger partial charge in [0.15, 0.2) is 5.78 Å². The van der Waals surface area contributed by atoms with Crippen molar-refractivity contribution in [3.05, 3.63) is 35.2 Å². The lowest BCUT2D eigenvalue weighted by Gasteiger charge is -2.28. The Kier molecular flexibility index (Phi) is 11.0. The Morgan fingerprint density at radius 2 is 1.94 bits per heavy atom. The first-order chi connectivity index (χ1) is 14.4. The maximum absolute atomic E-state index is 13.2. The topological polar surface area (TPSA) is 101 Å². The molecule has 11 heteroatoms. The van der Waals surface area contributed by atoms with Crippen LogP contribution in [-0.4, -0.2) is 63.4 Å². The van der Waals surface area contributed by atoms with Crippen molar-refractivity contribution in [3.8, 4) is 11.3 Å². The lowest BCUT2D eigenvalue weighted by molar-refractivity contribution is -0.138. The van der Waals surface area contributed by atoms with Crippen LogP contribution in [0.1, 0.15) is 44.5 Å². The van der Waals surface area contributed by atoms with E-state index >= 15 is 0 Å². The molecule has 4 rings (SSSR count).